The minimum atomic E-state index is -4.19. The Bertz CT molecular complexity index is 1460. The van der Waals surface area contributed by atoms with E-state index in [2.05, 4.69) is 5.32 Å². The molecule has 0 saturated carbocycles. The minimum absolute atomic E-state index is 0.0184. The molecule has 0 spiro atoms. The average molecular weight is 635 g/mol. The van der Waals surface area contributed by atoms with Crippen LogP contribution < -0.4 is 14.4 Å². The Morgan fingerprint density at radius 3 is 2.02 bits per heavy atom. The Morgan fingerprint density at radius 1 is 0.905 bits per heavy atom. The second kappa shape index (κ2) is 14.3. The Balaban J connectivity index is 2.10. The van der Waals surface area contributed by atoms with Gasteiger partial charge in [-0.05, 0) is 82.6 Å². The van der Waals surface area contributed by atoms with Crippen LogP contribution >= 0.6 is 23.2 Å². The maximum absolute atomic E-state index is 14.2. The van der Waals surface area contributed by atoms with E-state index in [1.165, 1.54) is 17.0 Å². The summed E-state index contributed by atoms with van der Waals surface area (Å²) in [6.45, 7) is 8.92. The van der Waals surface area contributed by atoms with Gasteiger partial charge in [0.2, 0.25) is 11.8 Å². The van der Waals surface area contributed by atoms with E-state index in [0.717, 1.165) is 4.31 Å². The average Bonchev–Trinajstić information content (AvgIpc) is 2.93. The molecule has 0 aromatic heterocycles. The highest BCUT2D eigenvalue weighted by Gasteiger charge is 2.35. The number of amides is 2. The lowest BCUT2D eigenvalue weighted by molar-refractivity contribution is -0.141. The fraction of sp³-hybridized carbons (Fsp3) is 0.355. The number of hydrogen-bond donors (Lipinski definition) is 1. The number of carbonyl (C=O) groups is 2. The van der Waals surface area contributed by atoms with Crippen LogP contribution in [0, 0.1) is 0 Å². The van der Waals surface area contributed by atoms with Crippen LogP contribution in [0.5, 0.6) is 5.75 Å². The van der Waals surface area contributed by atoms with Gasteiger partial charge in [-0.1, -0.05) is 54.4 Å². The van der Waals surface area contributed by atoms with E-state index in [1.807, 2.05) is 27.7 Å². The van der Waals surface area contributed by atoms with Crippen LogP contribution in [0.15, 0.2) is 77.7 Å². The maximum Gasteiger partial charge on any atom is 0.264 e. The zero-order valence-corrected chi connectivity index (χ0v) is 26.8. The molecule has 0 aliphatic rings. The van der Waals surface area contributed by atoms with Gasteiger partial charge in [0, 0.05) is 27.7 Å². The van der Waals surface area contributed by atoms with Gasteiger partial charge in [0.1, 0.15) is 18.3 Å². The second-order valence-electron chi connectivity index (χ2n) is 10.6. The topological polar surface area (TPSA) is 96.0 Å². The summed E-state index contributed by atoms with van der Waals surface area (Å²) in [6.07, 6.45) is 0.268. The van der Waals surface area contributed by atoms with Crippen molar-refractivity contribution in [3.63, 3.8) is 0 Å². The van der Waals surface area contributed by atoms with Crippen LogP contribution in [0.25, 0.3) is 0 Å². The maximum atomic E-state index is 14.2. The summed E-state index contributed by atoms with van der Waals surface area (Å²) >= 11 is 12.9. The fourth-order valence-electron chi connectivity index (χ4n) is 4.35. The summed E-state index contributed by atoms with van der Waals surface area (Å²) in [5.74, 6) is -0.417. The third-order valence-corrected chi connectivity index (χ3v) is 8.82. The van der Waals surface area contributed by atoms with Crippen molar-refractivity contribution in [2.24, 2.45) is 0 Å². The monoisotopic (exact) mass is 633 g/mol. The Morgan fingerprint density at radius 2 is 1.50 bits per heavy atom. The largest absolute Gasteiger partial charge is 0.494 e. The number of benzene rings is 3. The Kier molecular flexibility index (Phi) is 11.3. The van der Waals surface area contributed by atoms with E-state index in [4.69, 9.17) is 27.9 Å². The van der Waals surface area contributed by atoms with Crippen LogP contribution in [-0.2, 0) is 26.2 Å². The normalized spacial score (nSPS) is 12.4. The van der Waals surface area contributed by atoms with Gasteiger partial charge in [-0.3, -0.25) is 13.9 Å². The molecule has 3 aromatic rings. The third kappa shape index (κ3) is 8.40. The first-order chi connectivity index (χ1) is 19.8. The first-order valence-corrected chi connectivity index (χ1v) is 15.8. The van der Waals surface area contributed by atoms with Crippen molar-refractivity contribution in [1.29, 1.82) is 0 Å². The number of nitrogens with one attached hydrogen (secondary N) is 1. The van der Waals surface area contributed by atoms with Crippen molar-refractivity contribution in [1.82, 2.24) is 10.2 Å². The summed E-state index contributed by atoms with van der Waals surface area (Å²) < 4.78 is 34.4. The lowest BCUT2D eigenvalue weighted by Crippen LogP contribution is -2.55. The summed E-state index contributed by atoms with van der Waals surface area (Å²) in [5, 5.41) is 3.59. The van der Waals surface area contributed by atoms with Crippen LogP contribution in [0.1, 0.15) is 46.6 Å². The van der Waals surface area contributed by atoms with Gasteiger partial charge in [-0.2, -0.15) is 0 Å². The quantitative estimate of drug-likeness (QED) is 0.252. The van der Waals surface area contributed by atoms with Crippen LogP contribution in [-0.4, -0.2) is 49.9 Å². The van der Waals surface area contributed by atoms with Gasteiger partial charge in [-0.15, -0.1) is 0 Å². The highest BCUT2D eigenvalue weighted by molar-refractivity contribution is 7.92. The van der Waals surface area contributed by atoms with E-state index >= 15 is 0 Å². The lowest BCUT2D eigenvalue weighted by Gasteiger charge is -2.35. The number of hydrogen-bond acceptors (Lipinski definition) is 5. The SMILES string of the molecule is CCOc1ccc(N(CC(=O)N(Cc2c(Cl)cccc2Cl)[C@@H](CC)C(=O)NC(C)(C)C)S(=O)(=O)c2ccccc2)cc1. The number of anilines is 1. The van der Waals surface area contributed by atoms with Crippen molar-refractivity contribution in [3.05, 3.63) is 88.4 Å². The molecule has 0 unspecified atom stereocenters. The predicted octanol–water partition coefficient (Wildman–Crippen LogP) is 6.31. The lowest BCUT2D eigenvalue weighted by atomic mass is 10.1. The third-order valence-electron chi connectivity index (χ3n) is 6.32. The van der Waals surface area contributed by atoms with Crippen molar-refractivity contribution in [2.45, 2.75) is 64.1 Å². The molecule has 3 rings (SSSR count). The van der Waals surface area contributed by atoms with E-state index in [0.29, 0.717) is 28.0 Å². The molecule has 3 aromatic carbocycles. The number of carbonyl (C=O) groups excluding carboxylic acids is 2. The highest BCUT2D eigenvalue weighted by atomic mass is 35.5. The number of sulfonamides is 1. The van der Waals surface area contributed by atoms with Gasteiger partial charge in [0.25, 0.3) is 10.0 Å². The Hall–Kier alpha value is -3.27. The van der Waals surface area contributed by atoms with E-state index in [1.54, 1.807) is 67.6 Å². The zero-order chi connectivity index (χ0) is 31.1. The molecule has 0 heterocycles. The molecule has 0 fully saturated rings. The summed E-state index contributed by atoms with van der Waals surface area (Å²) in [7, 11) is -4.19. The number of halogens is 2. The van der Waals surface area contributed by atoms with E-state index < -0.39 is 34.1 Å². The van der Waals surface area contributed by atoms with Crippen molar-refractivity contribution in [2.75, 3.05) is 17.5 Å². The predicted molar refractivity (Wildman–Crippen MR) is 168 cm³/mol. The van der Waals surface area contributed by atoms with Gasteiger partial charge in [0.05, 0.1) is 17.2 Å². The molecule has 226 valence electrons. The molecule has 1 atom stereocenters. The first-order valence-electron chi connectivity index (χ1n) is 13.6. The molecule has 2 amide bonds. The number of rotatable bonds is 12. The standard InChI is InChI=1S/C31H37Cl2N3O5S/c1-6-28(30(38)34-31(3,4)5)35(20-25-26(32)14-11-15-27(25)33)29(37)21-36(22-16-18-23(19-17-22)41-7-2)42(39,40)24-12-9-8-10-13-24/h8-19,28H,6-7,20-21H2,1-5H3,(H,34,38)/t28-/m0/s1. The molecule has 1 N–H and O–H groups in total. The first kappa shape index (κ1) is 33.2. The molecule has 0 bridgehead atoms. The molecular formula is C31H37Cl2N3O5S. The van der Waals surface area contributed by atoms with Crippen molar-refractivity contribution in [3.8, 4) is 5.75 Å². The molecule has 8 nitrogen and oxygen atoms in total. The van der Waals surface area contributed by atoms with Gasteiger partial charge in [-0.25, -0.2) is 8.42 Å². The number of nitrogens with zero attached hydrogens (tertiary/aromatic N) is 2. The highest BCUT2D eigenvalue weighted by Crippen LogP contribution is 2.29. The van der Waals surface area contributed by atoms with Crippen LogP contribution in [0.2, 0.25) is 10.0 Å². The van der Waals surface area contributed by atoms with E-state index in [9.17, 15) is 18.0 Å². The smallest absolute Gasteiger partial charge is 0.264 e. The molecule has 11 heteroatoms. The molecule has 42 heavy (non-hydrogen) atoms. The molecular weight excluding hydrogens is 597 g/mol. The fourth-order valence-corrected chi connectivity index (χ4v) is 6.30. The van der Waals surface area contributed by atoms with Gasteiger partial charge < -0.3 is 15.0 Å². The molecule has 0 aliphatic heterocycles. The molecule has 0 aliphatic carbocycles. The summed E-state index contributed by atoms with van der Waals surface area (Å²) in [6, 6.07) is 18.4. The number of ether oxygens (including phenoxy) is 1. The molecule has 0 saturated heterocycles. The van der Waals surface area contributed by atoms with E-state index in [-0.39, 0.29) is 29.5 Å². The molecule has 0 radical (unpaired) electrons. The van der Waals surface area contributed by atoms with Crippen molar-refractivity contribution < 1.29 is 22.7 Å². The zero-order valence-electron chi connectivity index (χ0n) is 24.4. The second-order valence-corrected chi connectivity index (χ2v) is 13.3. The minimum Gasteiger partial charge on any atom is -0.494 e. The Labute approximate surface area is 258 Å². The van der Waals surface area contributed by atoms with Crippen LogP contribution in [0.3, 0.4) is 0 Å². The van der Waals surface area contributed by atoms with Gasteiger partial charge >= 0.3 is 0 Å². The summed E-state index contributed by atoms with van der Waals surface area (Å²) in [4.78, 5) is 29.0. The van der Waals surface area contributed by atoms with Gasteiger partial charge in [0.15, 0.2) is 0 Å². The van der Waals surface area contributed by atoms with Crippen molar-refractivity contribution >= 4 is 50.7 Å². The summed E-state index contributed by atoms with van der Waals surface area (Å²) in [5.41, 5.74) is 0.153. The van der Waals surface area contributed by atoms with Crippen LogP contribution in [0.4, 0.5) is 5.69 Å².